The molecule has 8 heteroatoms. The standard InChI is InChI=1S/C24H32N6O2/c1-28(2)12-4-5-13-29-14-6-7-18(15-29)30-16-20(17-8-10-19(32-3)11-9-17)21-22(30)24(31)27-26-23(21)25/h4-5,8-11,16,18H,6-7,12-15H2,1-3H3,(H2,25,26)(H,27,31)/b5-4+. The summed E-state index contributed by atoms with van der Waals surface area (Å²) in [6.45, 7) is 3.80. The number of nitrogens with zero attached hydrogens (tertiary/aromatic N) is 4. The number of fused-ring (bicyclic) bond motifs is 1. The molecule has 1 aliphatic rings. The molecular formula is C24H32N6O2. The molecule has 3 heterocycles. The summed E-state index contributed by atoms with van der Waals surface area (Å²) in [6.07, 6.45) is 8.60. The molecule has 1 fully saturated rings. The smallest absolute Gasteiger partial charge is 0.288 e. The molecule has 3 N–H and O–H groups in total. The second-order valence-electron chi connectivity index (χ2n) is 8.63. The van der Waals surface area contributed by atoms with E-state index in [0.717, 1.165) is 55.9 Å². The van der Waals surface area contributed by atoms with E-state index in [1.165, 1.54) is 0 Å². The van der Waals surface area contributed by atoms with Gasteiger partial charge in [-0.1, -0.05) is 24.3 Å². The average molecular weight is 437 g/mol. The van der Waals surface area contributed by atoms with Crippen molar-refractivity contribution in [3.8, 4) is 16.9 Å². The van der Waals surface area contributed by atoms with Gasteiger partial charge in [-0.2, -0.15) is 5.10 Å². The van der Waals surface area contributed by atoms with Crippen LogP contribution in [0.1, 0.15) is 18.9 Å². The lowest BCUT2D eigenvalue weighted by atomic mass is 10.1. The van der Waals surface area contributed by atoms with Crippen LogP contribution in [0.4, 0.5) is 5.82 Å². The number of likely N-dealkylation sites (tertiary alicyclic amines) is 1. The summed E-state index contributed by atoms with van der Waals surface area (Å²) in [5.74, 6) is 1.12. The lowest BCUT2D eigenvalue weighted by molar-refractivity contribution is 0.196. The van der Waals surface area contributed by atoms with Gasteiger partial charge in [-0.05, 0) is 51.2 Å². The van der Waals surface area contributed by atoms with E-state index in [0.29, 0.717) is 16.7 Å². The molecule has 4 rings (SSSR count). The van der Waals surface area contributed by atoms with E-state index in [1.54, 1.807) is 7.11 Å². The molecule has 2 aromatic heterocycles. The maximum Gasteiger partial charge on any atom is 0.288 e. The molecule has 170 valence electrons. The Bertz CT molecular complexity index is 1150. The molecule has 1 atom stereocenters. The molecule has 3 aromatic rings. The molecule has 1 saturated heterocycles. The van der Waals surface area contributed by atoms with Crippen molar-refractivity contribution in [2.45, 2.75) is 18.9 Å². The highest BCUT2D eigenvalue weighted by Crippen LogP contribution is 2.36. The van der Waals surface area contributed by atoms with E-state index in [-0.39, 0.29) is 11.6 Å². The Labute approximate surface area is 188 Å². The largest absolute Gasteiger partial charge is 0.497 e. The van der Waals surface area contributed by atoms with Gasteiger partial charge in [-0.25, -0.2) is 5.10 Å². The van der Waals surface area contributed by atoms with Crippen LogP contribution in [-0.4, -0.2) is 71.9 Å². The van der Waals surface area contributed by atoms with Gasteiger partial charge in [-0.3, -0.25) is 9.69 Å². The van der Waals surface area contributed by atoms with Gasteiger partial charge in [0.05, 0.1) is 12.5 Å². The highest BCUT2D eigenvalue weighted by molar-refractivity contribution is 6.02. The summed E-state index contributed by atoms with van der Waals surface area (Å²) in [5, 5.41) is 7.32. The number of methoxy groups -OCH3 is 1. The fourth-order valence-corrected chi connectivity index (χ4v) is 4.45. The van der Waals surface area contributed by atoms with Gasteiger partial charge in [0.1, 0.15) is 11.3 Å². The normalized spacial score (nSPS) is 17.6. The Balaban J connectivity index is 1.68. The number of anilines is 1. The number of hydrogen-bond acceptors (Lipinski definition) is 6. The van der Waals surface area contributed by atoms with Crippen LogP contribution in [0.15, 0.2) is 47.4 Å². The summed E-state index contributed by atoms with van der Waals surface area (Å²) in [7, 11) is 5.78. The zero-order chi connectivity index (χ0) is 22.7. The third kappa shape index (κ3) is 4.56. The van der Waals surface area contributed by atoms with Gasteiger partial charge in [0, 0.05) is 37.4 Å². The lowest BCUT2D eigenvalue weighted by Crippen LogP contribution is -2.37. The third-order valence-electron chi connectivity index (χ3n) is 6.06. The van der Waals surface area contributed by atoms with E-state index < -0.39 is 0 Å². The Hall–Kier alpha value is -3.10. The predicted molar refractivity (Wildman–Crippen MR) is 129 cm³/mol. The first-order chi connectivity index (χ1) is 15.5. The third-order valence-corrected chi connectivity index (χ3v) is 6.06. The highest BCUT2D eigenvalue weighted by Gasteiger charge is 2.25. The number of aromatic nitrogens is 3. The van der Waals surface area contributed by atoms with Crippen LogP contribution in [0.3, 0.4) is 0 Å². The van der Waals surface area contributed by atoms with Crippen LogP contribution in [0.2, 0.25) is 0 Å². The minimum atomic E-state index is -0.211. The Morgan fingerprint density at radius 3 is 2.78 bits per heavy atom. The topological polar surface area (TPSA) is 92.4 Å². The SMILES string of the molecule is COc1ccc(-c2cn(C3CCCN(C/C=C/CN(C)C)C3)c3c(=O)[nH]nc(N)c23)cc1. The number of aromatic amines is 1. The number of H-pyrrole nitrogens is 1. The van der Waals surface area contributed by atoms with E-state index in [9.17, 15) is 4.79 Å². The zero-order valence-electron chi connectivity index (χ0n) is 19.0. The fourth-order valence-electron chi connectivity index (χ4n) is 4.45. The maximum atomic E-state index is 12.9. The molecular weight excluding hydrogens is 404 g/mol. The van der Waals surface area contributed by atoms with Gasteiger partial charge < -0.3 is 19.9 Å². The Morgan fingerprint density at radius 2 is 2.06 bits per heavy atom. The quantitative estimate of drug-likeness (QED) is 0.554. The van der Waals surface area contributed by atoms with Crippen molar-refractivity contribution in [1.29, 1.82) is 0 Å². The van der Waals surface area contributed by atoms with Crippen molar-refractivity contribution in [2.24, 2.45) is 0 Å². The summed E-state index contributed by atoms with van der Waals surface area (Å²) in [4.78, 5) is 17.4. The summed E-state index contributed by atoms with van der Waals surface area (Å²) >= 11 is 0. The van der Waals surface area contributed by atoms with E-state index in [2.05, 4.69) is 57.0 Å². The number of rotatable bonds is 7. The van der Waals surface area contributed by atoms with Crippen LogP contribution in [0, 0.1) is 0 Å². The summed E-state index contributed by atoms with van der Waals surface area (Å²) in [6, 6.07) is 8.00. The molecule has 1 aliphatic heterocycles. The predicted octanol–water partition coefficient (Wildman–Crippen LogP) is 2.74. The van der Waals surface area contributed by atoms with Gasteiger partial charge >= 0.3 is 0 Å². The number of hydrogen-bond donors (Lipinski definition) is 2. The zero-order valence-corrected chi connectivity index (χ0v) is 19.0. The van der Waals surface area contributed by atoms with Gasteiger partial charge in [-0.15, -0.1) is 0 Å². The molecule has 1 unspecified atom stereocenters. The van der Waals surface area contributed by atoms with Crippen molar-refractivity contribution >= 4 is 16.7 Å². The maximum absolute atomic E-state index is 12.9. The van der Waals surface area contributed by atoms with Crippen molar-refractivity contribution in [3.63, 3.8) is 0 Å². The first kappa shape index (κ1) is 22.1. The van der Waals surface area contributed by atoms with E-state index in [1.807, 2.05) is 24.3 Å². The highest BCUT2D eigenvalue weighted by atomic mass is 16.5. The van der Waals surface area contributed by atoms with Crippen LogP contribution >= 0.6 is 0 Å². The van der Waals surface area contributed by atoms with Crippen LogP contribution in [0.25, 0.3) is 22.0 Å². The molecule has 8 nitrogen and oxygen atoms in total. The summed E-state index contributed by atoms with van der Waals surface area (Å²) in [5.41, 5.74) is 8.53. The van der Waals surface area contributed by atoms with Gasteiger partial charge in [0.15, 0.2) is 5.82 Å². The summed E-state index contributed by atoms with van der Waals surface area (Å²) < 4.78 is 7.40. The first-order valence-electron chi connectivity index (χ1n) is 11.0. The molecule has 0 bridgehead atoms. The van der Waals surface area contributed by atoms with Gasteiger partial charge in [0.2, 0.25) is 0 Å². The Morgan fingerprint density at radius 1 is 1.28 bits per heavy atom. The van der Waals surface area contributed by atoms with Crippen LogP contribution in [-0.2, 0) is 0 Å². The molecule has 0 aliphatic carbocycles. The lowest BCUT2D eigenvalue weighted by Gasteiger charge is -2.33. The van der Waals surface area contributed by atoms with Crippen molar-refractivity contribution in [3.05, 3.63) is 53.0 Å². The minimum absolute atomic E-state index is 0.198. The van der Waals surface area contributed by atoms with Gasteiger partial charge in [0.25, 0.3) is 5.56 Å². The number of nitrogens with two attached hydrogens (primary N) is 1. The molecule has 0 amide bonds. The minimum Gasteiger partial charge on any atom is -0.497 e. The van der Waals surface area contributed by atoms with E-state index >= 15 is 0 Å². The first-order valence-corrected chi connectivity index (χ1v) is 11.0. The molecule has 32 heavy (non-hydrogen) atoms. The Kier molecular flexibility index (Phi) is 6.62. The molecule has 0 saturated carbocycles. The number of ether oxygens (including phenoxy) is 1. The number of likely N-dealkylation sites (N-methyl/N-ethyl adjacent to an activating group) is 1. The van der Waals surface area contributed by atoms with Crippen LogP contribution in [0.5, 0.6) is 5.75 Å². The second kappa shape index (κ2) is 9.58. The number of piperidine rings is 1. The molecule has 0 radical (unpaired) electrons. The van der Waals surface area contributed by atoms with Crippen molar-refractivity contribution in [2.75, 3.05) is 53.1 Å². The average Bonchev–Trinajstić information content (AvgIpc) is 3.21. The molecule has 1 aromatic carbocycles. The second-order valence-corrected chi connectivity index (χ2v) is 8.63. The molecule has 0 spiro atoms. The van der Waals surface area contributed by atoms with E-state index in [4.69, 9.17) is 10.5 Å². The number of benzene rings is 1. The van der Waals surface area contributed by atoms with Crippen molar-refractivity contribution < 1.29 is 4.74 Å². The van der Waals surface area contributed by atoms with Crippen molar-refractivity contribution in [1.82, 2.24) is 24.6 Å². The van der Waals surface area contributed by atoms with Crippen LogP contribution < -0.4 is 16.0 Å². The monoisotopic (exact) mass is 436 g/mol. The number of nitrogen functional groups attached to an aromatic ring is 1. The fraction of sp³-hybridized carbons (Fsp3) is 0.417. The number of nitrogens with one attached hydrogen (secondary N) is 1.